The highest BCUT2D eigenvalue weighted by molar-refractivity contribution is 5.98. The Hall–Kier alpha value is -3.38. The molecule has 3 aromatic carbocycles. The topological polar surface area (TPSA) is 70.7 Å². The van der Waals surface area contributed by atoms with Crippen molar-refractivity contribution in [3.63, 3.8) is 0 Å². The van der Waals surface area contributed by atoms with Gasteiger partial charge >= 0.3 is 0 Å². The number of likely N-dealkylation sites (N-methyl/N-ethyl adjacent to an activating group) is 1. The SMILES string of the molecule is COc1cccc(NC(=O)CN(C)[C@H](C)C(=O)Nc2ccc3ccccc3c2)c1. The molecule has 0 aliphatic heterocycles. The molecule has 6 heteroatoms. The second kappa shape index (κ2) is 9.21. The summed E-state index contributed by atoms with van der Waals surface area (Å²) in [6.45, 7) is 1.86. The predicted octanol–water partition coefficient (Wildman–Crippen LogP) is 3.75. The van der Waals surface area contributed by atoms with Gasteiger partial charge in [-0.05, 0) is 49.0 Å². The molecule has 0 fully saturated rings. The second-order valence-corrected chi connectivity index (χ2v) is 6.92. The summed E-state index contributed by atoms with van der Waals surface area (Å²) in [5.41, 5.74) is 1.38. The first-order valence-corrected chi connectivity index (χ1v) is 9.40. The minimum Gasteiger partial charge on any atom is -0.497 e. The summed E-state index contributed by atoms with van der Waals surface area (Å²) >= 11 is 0. The molecule has 0 aliphatic carbocycles. The van der Waals surface area contributed by atoms with Crippen LogP contribution >= 0.6 is 0 Å². The molecule has 0 unspecified atom stereocenters. The molecule has 6 nitrogen and oxygen atoms in total. The minimum atomic E-state index is -0.475. The fourth-order valence-corrected chi connectivity index (χ4v) is 2.98. The molecule has 3 aromatic rings. The van der Waals surface area contributed by atoms with Crippen LogP contribution in [0.15, 0.2) is 66.7 Å². The number of nitrogens with zero attached hydrogens (tertiary/aromatic N) is 1. The molecule has 29 heavy (non-hydrogen) atoms. The Morgan fingerprint density at radius 2 is 1.66 bits per heavy atom. The minimum absolute atomic E-state index is 0.0868. The Morgan fingerprint density at radius 1 is 0.931 bits per heavy atom. The van der Waals surface area contributed by atoms with E-state index >= 15 is 0 Å². The van der Waals surface area contributed by atoms with Crippen LogP contribution < -0.4 is 15.4 Å². The predicted molar refractivity (Wildman–Crippen MR) is 116 cm³/mol. The molecule has 0 radical (unpaired) electrons. The van der Waals surface area contributed by atoms with E-state index in [0.29, 0.717) is 11.4 Å². The summed E-state index contributed by atoms with van der Waals surface area (Å²) in [6.07, 6.45) is 0. The van der Waals surface area contributed by atoms with Crippen molar-refractivity contribution >= 4 is 34.0 Å². The van der Waals surface area contributed by atoms with Crippen LogP contribution in [-0.2, 0) is 9.59 Å². The molecule has 0 bridgehead atoms. The van der Waals surface area contributed by atoms with Crippen molar-refractivity contribution in [3.8, 4) is 5.75 Å². The maximum Gasteiger partial charge on any atom is 0.241 e. The highest BCUT2D eigenvalue weighted by atomic mass is 16.5. The molecule has 0 saturated heterocycles. The van der Waals surface area contributed by atoms with Crippen molar-refractivity contribution in [2.45, 2.75) is 13.0 Å². The number of anilines is 2. The Balaban J connectivity index is 1.57. The van der Waals surface area contributed by atoms with Gasteiger partial charge in [-0.25, -0.2) is 0 Å². The molecule has 0 spiro atoms. The van der Waals surface area contributed by atoms with E-state index in [2.05, 4.69) is 10.6 Å². The number of ether oxygens (including phenoxy) is 1. The van der Waals surface area contributed by atoms with E-state index in [1.165, 1.54) is 0 Å². The van der Waals surface area contributed by atoms with Crippen LogP contribution in [0.1, 0.15) is 6.92 Å². The van der Waals surface area contributed by atoms with Gasteiger partial charge in [0.1, 0.15) is 5.75 Å². The number of rotatable bonds is 7. The van der Waals surface area contributed by atoms with Crippen molar-refractivity contribution in [3.05, 3.63) is 66.7 Å². The fourth-order valence-electron chi connectivity index (χ4n) is 2.98. The lowest BCUT2D eigenvalue weighted by molar-refractivity contribution is -0.122. The lowest BCUT2D eigenvalue weighted by Crippen LogP contribution is -2.43. The highest BCUT2D eigenvalue weighted by Gasteiger charge is 2.20. The Labute approximate surface area is 170 Å². The average molecular weight is 391 g/mol. The first-order chi connectivity index (χ1) is 14.0. The standard InChI is InChI=1S/C23H25N3O3/c1-16(23(28)25-20-12-11-17-7-4-5-8-18(17)13-20)26(2)15-22(27)24-19-9-6-10-21(14-19)29-3/h4-14,16H,15H2,1-3H3,(H,24,27)(H,25,28)/t16-/m1/s1. The third-order valence-electron chi connectivity index (χ3n) is 4.80. The van der Waals surface area contributed by atoms with Crippen molar-refractivity contribution in [1.82, 2.24) is 4.90 Å². The number of amides is 2. The van der Waals surface area contributed by atoms with Crippen LogP contribution in [0.25, 0.3) is 10.8 Å². The molecular weight excluding hydrogens is 366 g/mol. The molecule has 0 aliphatic rings. The first kappa shape index (κ1) is 20.4. The maximum atomic E-state index is 12.6. The van der Waals surface area contributed by atoms with Gasteiger partial charge in [-0.15, -0.1) is 0 Å². The van der Waals surface area contributed by atoms with E-state index in [-0.39, 0.29) is 18.4 Å². The van der Waals surface area contributed by atoms with Gasteiger partial charge in [0.25, 0.3) is 0 Å². The summed E-state index contributed by atoms with van der Waals surface area (Å²) in [5, 5.41) is 7.92. The van der Waals surface area contributed by atoms with E-state index in [4.69, 9.17) is 4.74 Å². The van der Waals surface area contributed by atoms with Gasteiger partial charge in [0, 0.05) is 17.4 Å². The molecule has 1 atom stereocenters. The zero-order chi connectivity index (χ0) is 20.8. The number of fused-ring (bicyclic) bond motifs is 1. The number of hydrogen-bond donors (Lipinski definition) is 2. The van der Waals surface area contributed by atoms with Gasteiger partial charge in [-0.3, -0.25) is 14.5 Å². The van der Waals surface area contributed by atoms with Crippen LogP contribution in [-0.4, -0.2) is 43.5 Å². The molecule has 0 aromatic heterocycles. The van der Waals surface area contributed by atoms with Crippen molar-refractivity contribution in [2.24, 2.45) is 0 Å². The summed E-state index contributed by atoms with van der Waals surface area (Å²) < 4.78 is 5.16. The second-order valence-electron chi connectivity index (χ2n) is 6.92. The lowest BCUT2D eigenvalue weighted by atomic mass is 10.1. The lowest BCUT2D eigenvalue weighted by Gasteiger charge is -2.23. The van der Waals surface area contributed by atoms with Gasteiger partial charge in [-0.1, -0.05) is 36.4 Å². The molecule has 0 heterocycles. The fraction of sp³-hybridized carbons (Fsp3) is 0.217. The van der Waals surface area contributed by atoms with E-state index < -0.39 is 6.04 Å². The van der Waals surface area contributed by atoms with Crippen LogP contribution in [0, 0.1) is 0 Å². The Kier molecular flexibility index (Phi) is 6.46. The van der Waals surface area contributed by atoms with Gasteiger partial charge < -0.3 is 15.4 Å². The number of benzene rings is 3. The van der Waals surface area contributed by atoms with Crippen molar-refractivity contribution < 1.29 is 14.3 Å². The molecule has 2 N–H and O–H groups in total. The molecular formula is C23H25N3O3. The van der Waals surface area contributed by atoms with Gasteiger partial charge in [0.15, 0.2) is 0 Å². The number of methoxy groups -OCH3 is 1. The van der Waals surface area contributed by atoms with Crippen LogP contribution in [0.2, 0.25) is 0 Å². The zero-order valence-corrected chi connectivity index (χ0v) is 16.8. The van der Waals surface area contributed by atoms with Crippen LogP contribution in [0.5, 0.6) is 5.75 Å². The quantitative estimate of drug-likeness (QED) is 0.644. The largest absolute Gasteiger partial charge is 0.497 e. The zero-order valence-electron chi connectivity index (χ0n) is 16.8. The Morgan fingerprint density at radius 3 is 2.41 bits per heavy atom. The summed E-state index contributed by atoms with van der Waals surface area (Å²) in [7, 11) is 3.32. The summed E-state index contributed by atoms with van der Waals surface area (Å²) in [5.74, 6) is 0.294. The van der Waals surface area contributed by atoms with E-state index in [9.17, 15) is 9.59 Å². The van der Waals surface area contributed by atoms with Gasteiger partial charge in [-0.2, -0.15) is 0 Å². The van der Waals surface area contributed by atoms with Gasteiger partial charge in [0.2, 0.25) is 11.8 Å². The smallest absolute Gasteiger partial charge is 0.241 e. The number of nitrogens with one attached hydrogen (secondary N) is 2. The maximum absolute atomic E-state index is 12.6. The number of carbonyl (C=O) groups excluding carboxylic acids is 2. The van der Waals surface area contributed by atoms with Crippen molar-refractivity contribution in [1.29, 1.82) is 0 Å². The normalized spacial score (nSPS) is 11.9. The number of carbonyl (C=O) groups is 2. The molecule has 150 valence electrons. The van der Waals surface area contributed by atoms with E-state index in [1.54, 1.807) is 50.2 Å². The Bertz CT molecular complexity index is 1020. The van der Waals surface area contributed by atoms with E-state index in [0.717, 1.165) is 16.5 Å². The van der Waals surface area contributed by atoms with Crippen molar-refractivity contribution in [2.75, 3.05) is 31.3 Å². The van der Waals surface area contributed by atoms with Crippen LogP contribution in [0.4, 0.5) is 11.4 Å². The first-order valence-electron chi connectivity index (χ1n) is 9.40. The van der Waals surface area contributed by atoms with E-state index in [1.807, 2.05) is 42.5 Å². The molecule has 0 saturated carbocycles. The molecule has 3 rings (SSSR count). The third-order valence-corrected chi connectivity index (χ3v) is 4.80. The third kappa shape index (κ3) is 5.33. The van der Waals surface area contributed by atoms with Gasteiger partial charge in [0.05, 0.1) is 19.7 Å². The van der Waals surface area contributed by atoms with Crippen LogP contribution in [0.3, 0.4) is 0 Å². The average Bonchev–Trinajstić information content (AvgIpc) is 2.73. The summed E-state index contributed by atoms with van der Waals surface area (Å²) in [4.78, 5) is 26.6. The molecule has 2 amide bonds. The highest BCUT2D eigenvalue weighted by Crippen LogP contribution is 2.19. The monoisotopic (exact) mass is 391 g/mol. The number of hydrogen-bond acceptors (Lipinski definition) is 4. The summed E-state index contributed by atoms with van der Waals surface area (Å²) in [6, 6.07) is 20.4.